The fourth-order valence-electron chi connectivity index (χ4n) is 1.89. The van der Waals surface area contributed by atoms with Crippen LogP contribution in [-0.4, -0.2) is 0 Å². The fourth-order valence-corrected chi connectivity index (χ4v) is 1.89. The van der Waals surface area contributed by atoms with E-state index in [1.165, 1.54) is 6.20 Å². The molecule has 0 saturated heterocycles. The molecule has 3 rings (SSSR count). The van der Waals surface area contributed by atoms with E-state index in [2.05, 4.69) is 0 Å². The molecule has 0 atom stereocenters. The lowest BCUT2D eigenvalue weighted by molar-refractivity contribution is -0.587. The van der Waals surface area contributed by atoms with Gasteiger partial charge in [0.25, 0.3) is 5.89 Å². The number of hydrogen-bond donors (Lipinski definition) is 0. The van der Waals surface area contributed by atoms with Crippen LogP contribution in [0.15, 0.2) is 71.3 Å². The number of aromatic nitrogens is 1. The van der Waals surface area contributed by atoms with Crippen LogP contribution in [-0.2, 0) is 0 Å². The summed E-state index contributed by atoms with van der Waals surface area (Å²) >= 11 is 0. The van der Waals surface area contributed by atoms with E-state index in [4.69, 9.17) is 4.42 Å². The molecule has 0 aliphatic carbocycles. The molecular weight excluding hydrogens is 226 g/mol. The fraction of sp³-hybridized carbons (Fsp3) is 0. The first-order valence-corrected chi connectivity index (χ1v) is 5.68. The van der Waals surface area contributed by atoms with Crippen molar-refractivity contribution < 1.29 is 14.1 Å². The van der Waals surface area contributed by atoms with E-state index in [1.807, 2.05) is 60.7 Å². The minimum atomic E-state index is -0.349. The van der Waals surface area contributed by atoms with Crippen molar-refractivity contribution in [3.63, 3.8) is 0 Å². The quantitative estimate of drug-likeness (QED) is 0.641. The second kappa shape index (κ2) is 4.37. The van der Waals surface area contributed by atoms with E-state index < -0.39 is 0 Å². The lowest BCUT2D eigenvalue weighted by atomic mass is 10.2. The Morgan fingerprint density at radius 3 is 2.11 bits per heavy atom. The third kappa shape index (κ3) is 1.86. The van der Waals surface area contributed by atoms with Gasteiger partial charge in [0.05, 0.1) is 5.56 Å². The highest BCUT2D eigenvalue weighted by Crippen LogP contribution is 2.20. The van der Waals surface area contributed by atoms with Gasteiger partial charge in [-0.25, -0.2) is 0 Å². The summed E-state index contributed by atoms with van der Waals surface area (Å²) in [7, 11) is 0. The van der Waals surface area contributed by atoms with Crippen molar-refractivity contribution in [2.75, 3.05) is 0 Å². The Morgan fingerprint density at radius 2 is 1.44 bits per heavy atom. The van der Waals surface area contributed by atoms with Crippen LogP contribution in [0.1, 0.15) is 0 Å². The molecule has 0 aliphatic heterocycles. The summed E-state index contributed by atoms with van der Waals surface area (Å²) in [6.45, 7) is 0. The predicted molar refractivity (Wildman–Crippen MR) is 65.1 cm³/mol. The van der Waals surface area contributed by atoms with E-state index in [1.54, 1.807) is 4.57 Å². The van der Waals surface area contributed by atoms with Crippen molar-refractivity contribution in [1.29, 1.82) is 0 Å². The first-order valence-electron chi connectivity index (χ1n) is 5.68. The van der Waals surface area contributed by atoms with E-state index in [-0.39, 0.29) is 5.95 Å². The van der Waals surface area contributed by atoms with Crippen LogP contribution in [0.3, 0.4) is 0 Å². The molecule has 88 valence electrons. The molecule has 0 spiro atoms. The smallest absolute Gasteiger partial charge is 0.275 e. The van der Waals surface area contributed by atoms with E-state index in [9.17, 15) is 5.11 Å². The van der Waals surface area contributed by atoms with Crippen LogP contribution in [0.4, 0.5) is 0 Å². The Labute approximate surface area is 105 Å². The molecule has 0 bridgehead atoms. The van der Waals surface area contributed by atoms with Crippen LogP contribution in [0.2, 0.25) is 0 Å². The molecular formula is C15H11NO2. The molecule has 0 fully saturated rings. The van der Waals surface area contributed by atoms with Crippen molar-refractivity contribution in [3.05, 3.63) is 66.9 Å². The van der Waals surface area contributed by atoms with Crippen LogP contribution in [0.25, 0.3) is 17.1 Å². The van der Waals surface area contributed by atoms with Gasteiger partial charge in [0.2, 0.25) is 5.69 Å². The molecule has 0 N–H and O–H groups in total. The van der Waals surface area contributed by atoms with Gasteiger partial charge in [0.1, 0.15) is 5.95 Å². The lowest BCUT2D eigenvalue weighted by Crippen LogP contribution is -2.30. The van der Waals surface area contributed by atoms with E-state index in [0.717, 1.165) is 11.3 Å². The topological polar surface area (TPSA) is 40.1 Å². The molecule has 3 aromatic rings. The largest absolute Gasteiger partial charge is 0.540 e. The van der Waals surface area contributed by atoms with Crippen LogP contribution in [0, 0.1) is 0 Å². The third-order valence-corrected chi connectivity index (χ3v) is 2.71. The Kier molecular flexibility index (Phi) is 2.57. The molecule has 0 unspecified atom stereocenters. The zero-order chi connectivity index (χ0) is 12.4. The van der Waals surface area contributed by atoms with Crippen molar-refractivity contribution >= 4 is 0 Å². The van der Waals surface area contributed by atoms with Gasteiger partial charge in [-0.1, -0.05) is 36.4 Å². The van der Waals surface area contributed by atoms with Crippen molar-refractivity contribution in [3.8, 4) is 23.1 Å². The average molecular weight is 237 g/mol. The second-order valence-corrected chi connectivity index (χ2v) is 3.93. The SMILES string of the molecule is [O-]c1c[n+](-c2ccccc2)c(-c2ccccc2)o1. The highest BCUT2D eigenvalue weighted by atomic mass is 16.5. The van der Waals surface area contributed by atoms with Crippen LogP contribution < -0.4 is 9.67 Å². The number of para-hydroxylation sites is 1. The molecule has 2 aromatic carbocycles. The first kappa shape index (κ1) is 10.6. The summed E-state index contributed by atoms with van der Waals surface area (Å²) < 4.78 is 7.02. The predicted octanol–water partition coefficient (Wildman–Crippen LogP) is 2.30. The Morgan fingerprint density at radius 1 is 0.833 bits per heavy atom. The minimum absolute atomic E-state index is 0.349. The Balaban J connectivity index is 2.17. The van der Waals surface area contributed by atoms with Gasteiger partial charge < -0.3 is 9.52 Å². The molecule has 1 aromatic heterocycles. The van der Waals surface area contributed by atoms with Crippen molar-refractivity contribution in [1.82, 2.24) is 0 Å². The van der Waals surface area contributed by atoms with E-state index >= 15 is 0 Å². The van der Waals surface area contributed by atoms with Crippen LogP contribution in [0.5, 0.6) is 5.95 Å². The normalized spacial score (nSPS) is 10.4. The van der Waals surface area contributed by atoms with Gasteiger partial charge in [0.15, 0.2) is 6.20 Å². The van der Waals surface area contributed by atoms with Gasteiger partial charge in [-0.2, -0.15) is 4.57 Å². The number of benzene rings is 2. The number of oxazole rings is 1. The maximum atomic E-state index is 11.5. The summed E-state index contributed by atoms with van der Waals surface area (Å²) in [5, 5.41) is 11.5. The molecule has 0 aliphatic rings. The molecule has 0 amide bonds. The minimum Gasteiger partial charge on any atom is -0.540 e. The first-order chi connectivity index (χ1) is 8.84. The van der Waals surface area contributed by atoms with Gasteiger partial charge in [-0.15, -0.1) is 0 Å². The molecule has 18 heavy (non-hydrogen) atoms. The second-order valence-electron chi connectivity index (χ2n) is 3.93. The number of hydrogen-bond acceptors (Lipinski definition) is 2. The molecule has 3 heteroatoms. The monoisotopic (exact) mass is 237 g/mol. The van der Waals surface area contributed by atoms with E-state index in [0.29, 0.717) is 5.89 Å². The molecule has 3 nitrogen and oxygen atoms in total. The van der Waals surface area contributed by atoms with Gasteiger partial charge in [0, 0.05) is 12.1 Å². The summed E-state index contributed by atoms with van der Waals surface area (Å²) in [5.74, 6) is 0.199. The Bertz CT molecular complexity index is 588. The zero-order valence-corrected chi connectivity index (χ0v) is 9.61. The lowest BCUT2D eigenvalue weighted by Gasteiger charge is -1.99. The van der Waals surface area contributed by atoms with Crippen molar-refractivity contribution in [2.45, 2.75) is 0 Å². The van der Waals surface area contributed by atoms with Crippen LogP contribution >= 0.6 is 0 Å². The molecule has 0 radical (unpaired) electrons. The third-order valence-electron chi connectivity index (χ3n) is 2.71. The summed E-state index contributed by atoms with van der Waals surface area (Å²) in [6.07, 6.45) is 1.46. The number of rotatable bonds is 2. The summed E-state index contributed by atoms with van der Waals surface area (Å²) in [5.41, 5.74) is 1.78. The highest BCUT2D eigenvalue weighted by Gasteiger charge is 2.16. The summed E-state index contributed by atoms with van der Waals surface area (Å²) in [4.78, 5) is 0. The highest BCUT2D eigenvalue weighted by molar-refractivity contribution is 5.50. The van der Waals surface area contributed by atoms with Gasteiger partial charge in [-0.3, -0.25) is 0 Å². The zero-order valence-electron chi connectivity index (χ0n) is 9.61. The molecule has 0 saturated carbocycles. The standard InChI is InChI=1S/C15H11NO2/c17-14-11-16(13-9-5-2-6-10-13)15(18-14)12-7-3-1-4-8-12/h1-11H. The number of nitrogens with zero attached hydrogens (tertiary/aromatic N) is 1. The average Bonchev–Trinajstić information content (AvgIpc) is 2.83. The van der Waals surface area contributed by atoms with Gasteiger partial charge in [-0.05, 0) is 12.1 Å². The van der Waals surface area contributed by atoms with Gasteiger partial charge >= 0.3 is 0 Å². The Hall–Kier alpha value is -2.55. The van der Waals surface area contributed by atoms with Crippen molar-refractivity contribution in [2.24, 2.45) is 0 Å². The maximum absolute atomic E-state index is 11.5. The maximum Gasteiger partial charge on any atom is 0.275 e. The summed E-state index contributed by atoms with van der Waals surface area (Å²) in [6, 6.07) is 19.2. The molecule has 1 heterocycles.